The van der Waals surface area contributed by atoms with Crippen LogP contribution in [0.2, 0.25) is 0 Å². The van der Waals surface area contributed by atoms with E-state index in [0.717, 1.165) is 11.1 Å². The minimum absolute atomic E-state index is 0.0144. The van der Waals surface area contributed by atoms with E-state index < -0.39 is 52.2 Å². The Hall–Kier alpha value is -6.11. The number of fused-ring (bicyclic) bond motifs is 2. The molecule has 4 amide bonds. The van der Waals surface area contributed by atoms with Crippen molar-refractivity contribution in [3.63, 3.8) is 0 Å². The standard InChI is InChI=1S/C40H40FN7O9S/c1-2-46-31-17-24(8-11-29(31)48(40(46)54)30-12-13-34(50)43-39(30)53)27-14-15-45(19-32(27)49)20-35(51)42-26-9-10-28-25(16-26)18-33(57-22-23-6-4-3-5-7-23)38(37(28)41)47-21-36(52)44-58(47,55)56/h3-11,16-18,27,30,32,49H,2,12-15,19-22H2,1H3,(H,42,51)(H,44,52)(H,43,50,53)/t27-,30?,32+/m0/s1. The SMILES string of the molecule is CCn1c(=O)n(C2CCC(=O)NC2=O)c2ccc([C@@H]3CCN(CC(=O)Nc4ccc5c(F)c(N6CC(=O)NS6(=O)=O)c(OCc6ccccc6)cc5c4)C[C@H]3O)cc21. The molecule has 4 heterocycles. The molecule has 58 heavy (non-hydrogen) atoms. The summed E-state index contributed by atoms with van der Waals surface area (Å²) >= 11 is 0. The van der Waals surface area contributed by atoms with Gasteiger partial charge in [0.1, 0.15) is 30.6 Å². The number of aliphatic hydroxyl groups excluding tert-OH is 1. The smallest absolute Gasteiger partial charge is 0.329 e. The maximum absolute atomic E-state index is 16.2. The van der Waals surface area contributed by atoms with Gasteiger partial charge in [-0.2, -0.15) is 8.42 Å². The van der Waals surface area contributed by atoms with Crippen molar-refractivity contribution in [2.24, 2.45) is 0 Å². The number of likely N-dealkylation sites (tertiary alicyclic amines) is 1. The van der Waals surface area contributed by atoms with E-state index in [-0.39, 0.29) is 67.1 Å². The van der Waals surface area contributed by atoms with Gasteiger partial charge in [0.05, 0.1) is 23.7 Å². The number of imidazole rings is 1. The average molecular weight is 814 g/mol. The van der Waals surface area contributed by atoms with Crippen molar-refractivity contribution in [3.05, 3.63) is 100 Å². The lowest BCUT2D eigenvalue weighted by Gasteiger charge is -2.35. The molecule has 16 nitrogen and oxygen atoms in total. The highest BCUT2D eigenvalue weighted by Crippen LogP contribution is 2.40. The van der Waals surface area contributed by atoms with Crippen LogP contribution in [0.5, 0.6) is 5.75 Å². The molecular formula is C40H40FN7O9S. The largest absolute Gasteiger partial charge is 0.487 e. The number of aryl methyl sites for hydroxylation is 1. The van der Waals surface area contributed by atoms with Crippen LogP contribution in [0, 0.1) is 5.82 Å². The van der Waals surface area contributed by atoms with Crippen molar-refractivity contribution in [1.82, 2.24) is 24.1 Å². The number of amides is 4. The van der Waals surface area contributed by atoms with E-state index in [2.05, 4.69) is 10.6 Å². The lowest BCUT2D eigenvalue weighted by Crippen LogP contribution is -2.45. The van der Waals surface area contributed by atoms with Crippen LogP contribution in [-0.2, 0) is 42.5 Å². The third kappa shape index (κ3) is 7.29. The van der Waals surface area contributed by atoms with E-state index in [1.54, 1.807) is 34.9 Å². The van der Waals surface area contributed by atoms with Gasteiger partial charge in [-0.3, -0.25) is 38.5 Å². The number of hydrogen-bond donors (Lipinski definition) is 4. The molecule has 0 bridgehead atoms. The predicted octanol–water partition coefficient (Wildman–Crippen LogP) is 2.64. The zero-order valence-electron chi connectivity index (χ0n) is 31.3. The molecule has 302 valence electrons. The first-order chi connectivity index (χ1) is 27.8. The van der Waals surface area contributed by atoms with Crippen molar-refractivity contribution in [1.29, 1.82) is 0 Å². The first kappa shape index (κ1) is 38.7. The van der Waals surface area contributed by atoms with Gasteiger partial charge in [0, 0.05) is 36.5 Å². The lowest BCUT2D eigenvalue weighted by atomic mass is 9.87. The number of anilines is 2. The Bertz CT molecular complexity index is 2670. The Balaban J connectivity index is 0.968. The summed E-state index contributed by atoms with van der Waals surface area (Å²) in [4.78, 5) is 65.0. The first-order valence-electron chi connectivity index (χ1n) is 18.9. The molecule has 0 radical (unpaired) electrons. The number of nitrogens with zero attached hydrogens (tertiary/aromatic N) is 4. The number of aromatic nitrogens is 2. The number of benzene rings is 4. The molecule has 1 aromatic heterocycles. The van der Waals surface area contributed by atoms with E-state index in [1.807, 2.05) is 34.7 Å². The quantitative estimate of drug-likeness (QED) is 0.152. The topological polar surface area (TPSA) is 201 Å². The number of carbonyl (C=O) groups excluding carboxylic acids is 4. The summed E-state index contributed by atoms with van der Waals surface area (Å²) in [6.07, 6.45) is 0.0343. The molecule has 0 aliphatic carbocycles. The number of ether oxygens (including phenoxy) is 1. The highest BCUT2D eigenvalue weighted by molar-refractivity contribution is 7.92. The monoisotopic (exact) mass is 813 g/mol. The van der Waals surface area contributed by atoms with Crippen molar-refractivity contribution < 1.29 is 41.8 Å². The van der Waals surface area contributed by atoms with Gasteiger partial charge >= 0.3 is 15.9 Å². The summed E-state index contributed by atoms with van der Waals surface area (Å²) in [5, 5.41) is 16.8. The maximum atomic E-state index is 16.2. The number of halogens is 1. The molecule has 0 spiro atoms. The summed E-state index contributed by atoms with van der Waals surface area (Å²) in [6.45, 7) is 2.18. The summed E-state index contributed by atoms with van der Waals surface area (Å²) in [6, 6.07) is 19.6. The highest BCUT2D eigenvalue weighted by atomic mass is 32.2. The minimum Gasteiger partial charge on any atom is -0.487 e. The van der Waals surface area contributed by atoms with Gasteiger partial charge < -0.3 is 15.2 Å². The minimum atomic E-state index is -4.37. The number of β-amino-alcohol motifs (C(OH)–C–C–N with tert-alkyl or cyclic N) is 1. The van der Waals surface area contributed by atoms with E-state index in [1.165, 1.54) is 28.8 Å². The fourth-order valence-corrected chi connectivity index (χ4v) is 9.28. The normalized spacial score (nSPS) is 21.0. The Morgan fingerprint density at radius 1 is 0.983 bits per heavy atom. The molecule has 4 aromatic carbocycles. The second kappa shape index (κ2) is 15.3. The number of hydrogen-bond acceptors (Lipinski definition) is 10. The highest BCUT2D eigenvalue weighted by Gasteiger charge is 2.39. The predicted molar refractivity (Wildman–Crippen MR) is 211 cm³/mol. The van der Waals surface area contributed by atoms with Gasteiger partial charge in [0.2, 0.25) is 17.7 Å². The molecule has 18 heteroatoms. The van der Waals surface area contributed by atoms with E-state index in [9.17, 15) is 37.5 Å². The average Bonchev–Trinajstić information content (AvgIpc) is 3.62. The second-order valence-corrected chi connectivity index (χ2v) is 16.2. The summed E-state index contributed by atoms with van der Waals surface area (Å²) in [5.74, 6) is -3.39. The van der Waals surface area contributed by atoms with Gasteiger partial charge in [-0.25, -0.2) is 18.2 Å². The molecule has 3 aliphatic rings. The van der Waals surface area contributed by atoms with Gasteiger partial charge in [-0.1, -0.05) is 36.4 Å². The third-order valence-electron chi connectivity index (χ3n) is 10.9. The van der Waals surface area contributed by atoms with Crippen molar-refractivity contribution in [2.75, 3.05) is 35.8 Å². The van der Waals surface area contributed by atoms with Crippen LogP contribution in [0.25, 0.3) is 21.8 Å². The van der Waals surface area contributed by atoms with E-state index >= 15 is 4.39 Å². The van der Waals surface area contributed by atoms with Gasteiger partial charge in [0.25, 0.3) is 5.91 Å². The van der Waals surface area contributed by atoms with Crippen molar-refractivity contribution in [3.8, 4) is 5.75 Å². The molecule has 1 unspecified atom stereocenters. The zero-order valence-corrected chi connectivity index (χ0v) is 32.1. The Morgan fingerprint density at radius 2 is 1.78 bits per heavy atom. The van der Waals surface area contributed by atoms with Crippen LogP contribution < -0.4 is 30.1 Å². The van der Waals surface area contributed by atoms with Gasteiger partial charge in [0.15, 0.2) is 5.82 Å². The fraction of sp³-hybridized carbons (Fsp3) is 0.325. The van der Waals surface area contributed by atoms with E-state index in [4.69, 9.17) is 4.74 Å². The van der Waals surface area contributed by atoms with Crippen LogP contribution in [0.1, 0.15) is 49.3 Å². The summed E-state index contributed by atoms with van der Waals surface area (Å²) in [5.41, 5.74) is 2.33. The number of imide groups is 1. The molecule has 4 N–H and O–H groups in total. The number of piperidine rings is 2. The fourth-order valence-electron chi connectivity index (χ4n) is 8.12. The van der Waals surface area contributed by atoms with Crippen LogP contribution in [-0.4, -0.2) is 83.5 Å². The third-order valence-corrected chi connectivity index (χ3v) is 12.3. The Morgan fingerprint density at radius 3 is 2.48 bits per heavy atom. The summed E-state index contributed by atoms with van der Waals surface area (Å²) < 4.78 is 53.2. The number of carbonyl (C=O) groups is 4. The zero-order chi connectivity index (χ0) is 40.9. The maximum Gasteiger partial charge on any atom is 0.329 e. The molecule has 5 aromatic rings. The lowest BCUT2D eigenvalue weighted by molar-refractivity contribution is -0.135. The van der Waals surface area contributed by atoms with Gasteiger partial charge in [-0.15, -0.1) is 0 Å². The Kier molecular flexibility index (Phi) is 10.2. The number of rotatable bonds is 10. The molecule has 0 saturated carbocycles. The first-order valence-corrected chi connectivity index (χ1v) is 20.3. The van der Waals surface area contributed by atoms with Crippen LogP contribution in [0.3, 0.4) is 0 Å². The molecule has 3 saturated heterocycles. The molecule has 3 aliphatic heterocycles. The van der Waals surface area contributed by atoms with Crippen LogP contribution in [0.4, 0.5) is 15.8 Å². The number of aliphatic hydroxyl groups is 1. The second-order valence-electron chi connectivity index (χ2n) is 14.6. The number of nitrogens with one attached hydrogen (secondary N) is 3. The van der Waals surface area contributed by atoms with Crippen molar-refractivity contribution >= 4 is 67.0 Å². The molecule has 8 rings (SSSR count). The Labute approximate surface area is 331 Å². The van der Waals surface area contributed by atoms with Crippen LogP contribution in [0.15, 0.2) is 77.6 Å². The molecule has 3 fully saturated rings. The molecular weight excluding hydrogens is 774 g/mol. The summed E-state index contributed by atoms with van der Waals surface area (Å²) in [7, 11) is -4.37. The van der Waals surface area contributed by atoms with E-state index in [0.29, 0.717) is 45.9 Å². The molecule has 3 atom stereocenters. The van der Waals surface area contributed by atoms with Gasteiger partial charge in [-0.05, 0) is 79.2 Å². The van der Waals surface area contributed by atoms with Crippen molar-refractivity contribution in [2.45, 2.75) is 57.4 Å². The van der Waals surface area contributed by atoms with Crippen LogP contribution >= 0.6 is 0 Å².